The van der Waals surface area contributed by atoms with Gasteiger partial charge < -0.3 is 30.7 Å². The van der Waals surface area contributed by atoms with Crippen LogP contribution < -0.4 is 31.3 Å². The van der Waals surface area contributed by atoms with Crippen LogP contribution in [0.25, 0.3) is 0 Å². The molecule has 0 fully saturated rings. The molecule has 0 bridgehead atoms. The molecule has 0 saturated carbocycles. The number of carbonyl (C=O) groups excluding carboxylic acids is 5. The zero-order valence-electron chi connectivity index (χ0n) is 21.6. The Kier molecular flexibility index (Phi) is 11.3. The second kappa shape index (κ2) is 15.8. The average molecular weight is 571 g/mol. The van der Waals surface area contributed by atoms with E-state index in [1.165, 1.54) is 54.8 Å². The maximum atomic E-state index is 12.6. The van der Waals surface area contributed by atoms with E-state index in [0.717, 1.165) is 0 Å². The van der Waals surface area contributed by atoms with Gasteiger partial charge in [-0.1, -0.05) is 18.2 Å². The maximum absolute atomic E-state index is 12.6. The predicted molar refractivity (Wildman–Crippen MR) is 149 cm³/mol. The predicted octanol–water partition coefficient (Wildman–Crippen LogP) is 4.04. The lowest BCUT2D eigenvalue weighted by molar-refractivity contribution is 0.111. The van der Waals surface area contributed by atoms with E-state index in [-0.39, 0.29) is 35.9 Å². The van der Waals surface area contributed by atoms with Gasteiger partial charge in [0.2, 0.25) is 12.2 Å². The summed E-state index contributed by atoms with van der Waals surface area (Å²) in [6.07, 6.45) is 2.36. The topological polar surface area (TPSA) is 212 Å². The summed E-state index contributed by atoms with van der Waals surface area (Å²) in [7, 11) is 0. The molecule has 0 aromatic heterocycles. The third-order valence-electron chi connectivity index (χ3n) is 5.06. The van der Waals surface area contributed by atoms with Crippen molar-refractivity contribution >= 4 is 58.8 Å². The van der Waals surface area contributed by atoms with Crippen molar-refractivity contribution in [2.45, 2.75) is 6.10 Å². The molecule has 15 nitrogen and oxygen atoms in total. The Labute approximate surface area is 238 Å². The van der Waals surface area contributed by atoms with E-state index < -0.39 is 24.3 Å². The highest BCUT2D eigenvalue weighted by Crippen LogP contribution is 2.19. The largest absolute Gasteiger partial charge is 0.442 e. The summed E-state index contributed by atoms with van der Waals surface area (Å²) >= 11 is 0. The molecule has 0 saturated heterocycles. The summed E-state index contributed by atoms with van der Waals surface area (Å²) in [6, 6.07) is 16.9. The van der Waals surface area contributed by atoms with E-state index in [1.54, 1.807) is 36.4 Å². The van der Waals surface area contributed by atoms with Crippen molar-refractivity contribution in [2.24, 2.45) is 9.98 Å². The number of carbonyl (C=O) groups is 3. The number of hydrogen-bond acceptors (Lipinski definition) is 10. The summed E-state index contributed by atoms with van der Waals surface area (Å²) < 4.78 is 10.1. The van der Waals surface area contributed by atoms with Gasteiger partial charge in [-0.2, -0.15) is 9.98 Å². The Balaban J connectivity index is 1.63. The molecular weight excluding hydrogens is 548 g/mol. The minimum atomic E-state index is -1.06. The average Bonchev–Trinajstić information content (AvgIpc) is 2.95. The highest BCUT2D eigenvalue weighted by atomic mass is 16.6. The molecular formula is C27H22N8O7. The maximum Gasteiger partial charge on any atom is 0.412 e. The van der Waals surface area contributed by atoms with Crippen molar-refractivity contribution in [2.75, 3.05) is 29.0 Å². The SMILES string of the molecule is N#COc1cccc(NC(=O)NCC(CNC(=O)Nc2cccc(N=C=O)c2)OC(=O)Nc2cccc(N=C=O)c2)c1. The van der Waals surface area contributed by atoms with Crippen LogP contribution in [0.5, 0.6) is 5.75 Å². The van der Waals surface area contributed by atoms with Crippen molar-refractivity contribution < 1.29 is 33.4 Å². The number of aliphatic imine (C=N–C) groups is 2. The number of nitrogens with zero attached hydrogens (tertiary/aromatic N) is 3. The molecule has 5 amide bonds. The number of ether oxygens (including phenoxy) is 2. The number of hydrogen-bond donors (Lipinski definition) is 5. The number of anilines is 3. The quantitative estimate of drug-likeness (QED) is 0.129. The lowest BCUT2D eigenvalue weighted by Gasteiger charge is -2.20. The highest BCUT2D eigenvalue weighted by Gasteiger charge is 2.18. The van der Waals surface area contributed by atoms with Gasteiger partial charge in [0.15, 0.2) is 0 Å². The smallest absolute Gasteiger partial charge is 0.412 e. The van der Waals surface area contributed by atoms with Crippen LogP contribution in [0.4, 0.5) is 42.8 Å². The van der Waals surface area contributed by atoms with Crippen molar-refractivity contribution in [3.8, 4) is 12.0 Å². The summed E-state index contributed by atoms with van der Waals surface area (Å²) in [6.45, 7) is -0.459. The van der Waals surface area contributed by atoms with Gasteiger partial charge >= 0.3 is 18.2 Å². The van der Waals surface area contributed by atoms with Gasteiger partial charge in [0.25, 0.3) is 6.26 Å². The number of rotatable bonds is 11. The molecule has 5 N–H and O–H groups in total. The fraction of sp³-hybridized carbons (Fsp3) is 0.111. The number of amides is 5. The van der Waals surface area contributed by atoms with Crippen LogP contribution in [0, 0.1) is 11.5 Å². The minimum absolute atomic E-state index is 0.217. The normalized spacial score (nSPS) is 10.3. The lowest BCUT2D eigenvalue weighted by Crippen LogP contribution is -2.45. The molecule has 15 heteroatoms. The first kappa shape index (κ1) is 30.1. The van der Waals surface area contributed by atoms with Gasteiger partial charge in [-0.05, 0) is 48.5 Å². The van der Waals surface area contributed by atoms with Crippen LogP contribution in [0.3, 0.4) is 0 Å². The van der Waals surface area contributed by atoms with Crippen LogP contribution in [0.15, 0.2) is 82.8 Å². The molecule has 1 unspecified atom stereocenters. The van der Waals surface area contributed by atoms with Crippen molar-refractivity contribution in [1.82, 2.24) is 10.6 Å². The van der Waals surface area contributed by atoms with Gasteiger partial charge in [0.05, 0.1) is 24.5 Å². The number of nitriles is 1. The summed E-state index contributed by atoms with van der Waals surface area (Å²) in [4.78, 5) is 65.5. The first-order valence-corrected chi connectivity index (χ1v) is 12.0. The van der Waals surface area contributed by atoms with Crippen molar-refractivity contribution in [3.05, 3.63) is 72.8 Å². The molecule has 0 aliphatic heterocycles. The van der Waals surface area contributed by atoms with Gasteiger partial charge in [0, 0.05) is 23.1 Å². The number of isocyanates is 2. The zero-order valence-corrected chi connectivity index (χ0v) is 21.6. The minimum Gasteiger partial charge on any atom is -0.442 e. The molecule has 3 aromatic carbocycles. The molecule has 212 valence electrons. The molecule has 3 aromatic rings. The number of benzene rings is 3. The van der Waals surface area contributed by atoms with Gasteiger partial charge in [-0.25, -0.2) is 24.0 Å². The lowest BCUT2D eigenvalue weighted by atomic mass is 10.3. The van der Waals surface area contributed by atoms with Gasteiger partial charge in [-0.3, -0.25) is 5.32 Å². The van der Waals surface area contributed by atoms with Gasteiger partial charge in [0.1, 0.15) is 11.9 Å². The monoisotopic (exact) mass is 570 g/mol. The molecule has 1 atom stereocenters. The molecule has 0 aliphatic rings. The van der Waals surface area contributed by atoms with Crippen LogP contribution in [0.1, 0.15) is 0 Å². The molecule has 3 rings (SSSR count). The zero-order chi connectivity index (χ0) is 30.2. The van der Waals surface area contributed by atoms with Crippen molar-refractivity contribution in [1.29, 1.82) is 5.26 Å². The Bertz CT molecular complexity index is 1580. The fourth-order valence-corrected chi connectivity index (χ4v) is 3.32. The fourth-order valence-electron chi connectivity index (χ4n) is 3.32. The third kappa shape index (κ3) is 10.4. The van der Waals surface area contributed by atoms with Crippen LogP contribution in [0.2, 0.25) is 0 Å². The van der Waals surface area contributed by atoms with Crippen LogP contribution >= 0.6 is 0 Å². The third-order valence-corrected chi connectivity index (χ3v) is 5.06. The Hall–Kier alpha value is -6.48. The molecule has 42 heavy (non-hydrogen) atoms. The summed E-state index contributed by atoms with van der Waals surface area (Å²) in [5, 5.41) is 21.3. The van der Waals surface area contributed by atoms with Crippen LogP contribution in [-0.4, -0.2) is 49.5 Å². The number of urea groups is 2. The van der Waals surface area contributed by atoms with Crippen molar-refractivity contribution in [3.63, 3.8) is 0 Å². The summed E-state index contributed by atoms with van der Waals surface area (Å²) in [5.74, 6) is 0.217. The highest BCUT2D eigenvalue weighted by molar-refractivity contribution is 5.90. The standard InChI is InChI=1S/C27H22N8O7/c28-15-41-23-9-3-8-22(12-23)34-26(39)30-14-24(42-27(40)35-21-7-2-5-19(11-21)32-17-37)13-29-25(38)33-20-6-1-4-18(10-20)31-16-36/h1-12,24H,13-14H2,(H,35,40)(H2,29,33,38)(H2,30,34,39). The molecule has 0 spiro atoms. The first-order valence-electron chi connectivity index (χ1n) is 12.0. The summed E-state index contributed by atoms with van der Waals surface area (Å²) in [5.41, 5.74) is 1.46. The van der Waals surface area contributed by atoms with E-state index in [0.29, 0.717) is 11.4 Å². The molecule has 0 aliphatic carbocycles. The van der Waals surface area contributed by atoms with E-state index >= 15 is 0 Å². The van der Waals surface area contributed by atoms with Gasteiger partial charge in [-0.15, -0.1) is 5.26 Å². The Morgan fingerprint density at radius 3 is 1.76 bits per heavy atom. The second-order valence-electron chi connectivity index (χ2n) is 8.05. The molecule has 0 heterocycles. The second-order valence-corrected chi connectivity index (χ2v) is 8.05. The van der Waals surface area contributed by atoms with Crippen LogP contribution in [-0.2, 0) is 14.3 Å². The van der Waals surface area contributed by atoms with E-state index in [1.807, 2.05) is 0 Å². The Morgan fingerprint density at radius 2 is 1.24 bits per heavy atom. The number of nitrogens with one attached hydrogen (secondary N) is 5. The Morgan fingerprint density at radius 1 is 0.738 bits per heavy atom. The first-order chi connectivity index (χ1) is 20.4. The van der Waals surface area contributed by atoms with E-state index in [2.05, 4.69) is 36.6 Å². The van der Waals surface area contributed by atoms with E-state index in [9.17, 15) is 24.0 Å². The molecule has 0 radical (unpaired) electrons. The van der Waals surface area contributed by atoms with E-state index in [4.69, 9.17) is 14.7 Å².